The molecular weight excluding hydrogens is 278 g/mol. The molecule has 0 fully saturated rings. The first-order valence-electron chi connectivity index (χ1n) is 4.39. The average Bonchev–Trinajstić information content (AvgIpc) is 2.55. The number of aliphatic hydroxyl groups is 1. The van der Waals surface area contributed by atoms with Crippen molar-refractivity contribution in [2.45, 2.75) is 23.7 Å². The number of aryl methyl sites for hydroxylation is 1. The zero-order chi connectivity index (χ0) is 13.2. The van der Waals surface area contributed by atoms with Gasteiger partial charge in [-0.15, -0.1) is 0 Å². The van der Waals surface area contributed by atoms with E-state index >= 15 is 0 Å². The third-order valence-electron chi connectivity index (χ3n) is 1.80. The normalized spacial score (nSPS) is 14.2. The summed E-state index contributed by atoms with van der Waals surface area (Å²) in [5.41, 5.74) is 0.124. The molecule has 3 N–H and O–H groups in total. The fourth-order valence-electron chi connectivity index (χ4n) is 0.997. The lowest BCUT2D eigenvalue weighted by Crippen LogP contribution is -2.35. The molecule has 0 spiro atoms. The Hall–Kier alpha value is -0.840. The van der Waals surface area contributed by atoms with Crippen LogP contribution in [0.4, 0.5) is 8.78 Å². The number of alkyl halides is 2. The number of hydrogen-bond donors (Lipinski definition) is 3. The van der Waals surface area contributed by atoms with Gasteiger partial charge in [0.1, 0.15) is 6.10 Å². The largest absolute Gasteiger partial charge is 0.386 e. The highest BCUT2D eigenvalue weighted by atomic mass is 32.2. The first kappa shape index (κ1) is 14.2. The van der Waals surface area contributed by atoms with Gasteiger partial charge in [-0.1, -0.05) is 11.3 Å². The molecule has 1 rings (SSSR count). The van der Waals surface area contributed by atoms with Crippen LogP contribution in [0.15, 0.2) is 9.00 Å². The van der Waals surface area contributed by atoms with Crippen molar-refractivity contribution in [2.75, 3.05) is 6.54 Å². The number of aromatic nitrogens is 1. The molecule has 1 aromatic heterocycles. The van der Waals surface area contributed by atoms with Gasteiger partial charge in [-0.3, -0.25) is 4.79 Å². The summed E-state index contributed by atoms with van der Waals surface area (Å²) in [6.45, 7) is 0.557. The first-order valence-corrected chi connectivity index (χ1v) is 6.69. The van der Waals surface area contributed by atoms with Crippen LogP contribution in [0.25, 0.3) is 0 Å². The minimum atomic E-state index is -4.05. The fraction of sp³-hybridized carbons (Fsp3) is 0.571. The molecule has 0 aliphatic heterocycles. The second-order valence-electron chi connectivity index (χ2n) is 3.18. The maximum atomic E-state index is 12.0. The lowest BCUT2D eigenvalue weighted by molar-refractivity contribution is -0.000446. The van der Waals surface area contributed by atoms with Crippen LogP contribution >= 0.6 is 11.3 Å². The van der Waals surface area contributed by atoms with Crippen LogP contribution < -0.4 is 9.60 Å². The molecule has 0 aliphatic rings. The van der Waals surface area contributed by atoms with Gasteiger partial charge in [0.15, 0.2) is 4.21 Å². The molecule has 98 valence electrons. The Bertz CT molecular complexity index is 536. The highest BCUT2D eigenvalue weighted by molar-refractivity contribution is 7.91. The number of H-pyrrole nitrogens is 1. The second kappa shape index (κ2) is 5.21. The Kier molecular flexibility index (Phi) is 4.36. The Morgan fingerprint density at radius 3 is 2.53 bits per heavy atom. The molecule has 1 aromatic rings. The monoisotopic (exact) mass is 288 g/mol. The summed E-state index contributed by atoms with van der Waals surface area (Å²) in [5, 5.41) is 8.77. The Morgan fingerprint density at radius 1 is 1.53 bits per heavy atom. The Balaban J connectivity index is 2.83. The zero-order valence-electron chi connectivity index (χ0n) is 8.61. The van der Waals surface area contributed by atoms with Crippen molar-refractivity contribution in [3.05, 3.63) is 15.4 Å². The average molecular weight is 288 g/mol. The number of sulfonamides is 1. The van der Waals surface area contributed by atoms with E-state index in [2.05, 4.69) is 4.98 Å². The quantitative estimate of drug-likeness (QED) is 0.689. The maximum absolute atomic E-state index is 12.0. The number of halogens is 2. The van der Waals surface area contributed by atoms with E-state index in [1.54, 1.807) is 4.72 Å². The minimum absolute atomic E-state index is 0.124. The van der Waals surface area contributed by atoms with Gasteiger partial charge in [-0.2, -0.15) is 0 Å². The van der Waals surface area contributed by atoms with Gasteiger partial charge in [0, 0.05) is 12.2 Å². The predicted molar refractivity (Wildman–Crippen MR) is 56.9 cm³/mol. The van der Waals surface area contributed by atoms with E-state index in [9.17, 15) is 22.0 Å². The van der Waals surface area contributed by atoms with E-state index in [0.717, 1.165) is 0 Å². The standard InChI is InChI=1S/C7H10F2N2O4S2/c1-3-6(16-7(13)11-3)17(14,15)10-2-4(12)5(8)9/h4-5,10,12H,2H2,1H3,(H,11,13). The van der Waals surface area contributed by atoms with Gasteiger partial charge >= 0.3 is 4.87 Å². The number of hydrogen-bond acceptors (Lipinski definition) is 5. The third-order valence-corrected chi connectivity index (χ3v) is 4.83. The zero-order valence-corrected chi connectivity index (χ0v) is 10.2. The number of aliphatic hydroxyl groups excluding tert-OH is 1. The number of aromatic amines is 1. The van der Waals surface area contributed by atoms with Crippen LogP contribution in [0, 0.1) is 6.92 Å². The lowest BCUT2D eigenvalue weighted by atomic mass is 10.4. The molecule has 0 bridgehead atoms. The maximum Gasteiger partial charge on any atom is 0.305 e. The van der Waals surface area contributed by atoms with Crippen LogP contribution in [0.2, 0.25) is 0 Å². The number of rotatable bonds is 5. The molecular formula is C7H10F2N2O4S2. The van der Waals surface area contributed by atoms with Gasteiger partial charge < -0.3 is 10.1 Å². The molecule has 17 heavy (non-hydrogen) atoms. The van der Waals surface area contributed by atoms with Gasteiger partial charge in [0.25, 0.3) is 16.4 Å². The highest BCUT2D eigenvalue weighted by Crippen LogP contribution is 2.15. The van der Waals surface area contributed by atoms with Crippen LogP contribution in [-0.4, -0.2) is 37.6 Å². The molecule has 0 saturated carbocycles. The summed E-state index contributed by atoms with van der Waals surface area (Å²) in [4.78, 5) is 12.6. The van der Waals surface area contributed by atoms with Crippen molar-refractivity contribution in [3.8, 4) is 0 Å². The number of nitrogens with one attached hydrogen (secondary N) is 2. The summed E-state index contributed by atoms with van der Waals surface area (Å²) in [5.74, 6) is 0. The van der Waals surface area contributed by atoms with Crippen molar-refractivity contribution in [2.24, 2.45) is 0 Å². The van der Waals surface area contributed by atoms with Gasteiger partial charge in [0.2, 0.25) is 0 Å². The van der Waals surface area contributed by atoms with Crippen molar-refractivity contribution in [1.29, 1.82) is 0 Å². The fourth-order valence-corrected chi connectivity index (χ4v) is 3.39. The summed E-state index contributed by atoms with van der Waals surface area (Å²) in [6.07, 6.45) is -5.12. The summed E-state index contributed by atoms with van der Waals surface area (Å²) in [6, 6.07) is 0. The van der Waals surface area contributed by atoms with E-state index in [0.29, 0.717) is 11.3 Å². The van der Waals surface area contributed by atoms with Gasteiger partial charge in [-0.25, -0.2) is 21.9 Å². The van der Waals surface area contributed by atoms with E-state index in [4.69, 9.17) is 5.11 Å². The van der Waals surface area contributed by atoms with Crippen molar-refractivity contribution in [1.82, 2.24) is 9.71 Å². The molecule has 0 saturated heterocycles. The summed E-state index contributed by atoms with van der Waals surface area (Å²) >= 11 is 0.451. The van der Waals surface area contributed by atoms with Crippen LogP contribution in [0.1, 0.15) is 5.69 Å². The highest BCUT2D eigenvalue weighted by Gasteiger charge is 2.24. The number of thiazole rings is 1. The molecule has 1 heterocycles. The SMILES string of the molecule is Cc1[nH]c(=O)sc1S(=O)(=O)NCC(O)C(F)F. The van der Waals surface area contributed by atoms with E-state index in [-0.39, 0.29) is 9.90 Å². The molecule has 0 aromatic carbocycles. The molecule has 6 nitrogen and oxygen atoms in total. The Morgan fingerprint density at radius 2 is 2.12 bits per heavy atom. The predicted octanol–water partition coefficient (Wildman–Crippen LogP) is -0.351. The molecule has 0 aliphatic carbocycles. The van der Waals surface area contributed by atoms with Crippen molar-refractivity contribution < 1.29 is 22.3 Å². The molecule has 10 heteroatoms. The topological polar surface area (TPSA) is 99.3 Å². The van der Waals surface area contributed by atoms with Crippen molar-refractivity contribution in [3.63, 3.8) is 0 Å². The van der Waals surface area contributed by atoms with Crippen LogP contribution in [0.5, 0.6) is 0 Å². The summed E-state index contributed by atoms with van der Waals surface area (Å²) < 4.78 is 48.6. The van der Waals surface area contributed by atoms with Crippen LogP contribution in [-0.2, 0) is 10.0 Å². The van der Waals surface area contributed by atoms with Crippen molar-refractivity contribution >= 4 is 21.4 Å². The molecule has 1 unspecified atom stereocenters. The first-order chi connectivity index (χ1) is 7.74. The minimum Gasteiger partial charge on any atom is -0.386 e. The van der Waals surface area contributed by atoms with Gasteiger partial charge in [-0.05, 0) is 6.92 Å². The van der Waals surface area contributed by atoms with Crippen LogP contribution in [0.3, 0.4) is 0 Å². The molecule has 0 amide bonds. The lowest BCUT2D eigenvalue weighted by Gasteiger charge is -2.10. The second-order valence-corrected chi connectivity index (χ2v) is 6.13. The molecule has 0 radical (unpaired) electrons. The smallest absolute Gasteiger partial charge is 0.305 e. The van der Waals surface area contributed by atoms with E-state index in [1.165, 1.54) is 6.92 Å². The third kappa shape index (κ3) is 3.56. The van der Waals surface area contributed by atoms with E-state index in [1.807, 2.05) is 0 Å². The summed E-state index contributed by atoms with van der Waals surface area (Å²) in [7, 11) is -4.05. The molecule has 1 atom stereocenters. The Labute approximate surface area is 99.3 Å². The van der Waals surface area contributed by atoms with E-state index < -0.39 is 34.0 Å². The van der Waals surface area contributed by atoms with Gasteiger partial charge in [0.05, 0.1) is 0 Å².